The van der Waals surface area contributed by atoms with Gasteiger partial charge in [0.25, 0.3) is 30.4 Å². The number of nitrogens with one attached hydrogen (secondary N) is 2. The molecule has 0 atom stereocenters. The number of benzene rings is 4. The molecule has 0 aliphatic heterocycles. The minimum absolute atomic E-state index is 0.0133. The van der Waals surface area contributed by atoms with Crippen LogP contribution in [0.5, 0.6) is 0 Å². The molecular weight excluding hydrogens is 1180 g/mol. The molecule has 79 heavy (non-hydrogen) atoms. The zero-order valence-electron chi connectivity index (χ0n) is 42.5. The van der Waals surface area contributed by atoms with Crippen molar-refractivity contribution in [2.75, 3.05) is 58.1 Å². The van der Waals surface area contributed by atoms with E-state index in [0.29, 0.717) is 113 Å². The van der Waals surface area contributed by atoms with Gasteiger partial charge in [-0.05, 0) is 147 Å². The maximum atomic E-state index is 12.2. The fraction of sp³-hybridized carbons (Fsp3) is 0.255. The molecule has 0 amide bonds. The van der Waals surface area contributed by atoms with Crippen LogP contribution >= 0.6 is 57.9 Å². The molecule has 5 N–H and O–H groups in total. The Morgan fingerprint density at radius 1 is 0.544 bits per heavy atom. The Bertz CT molecular complexity index is 3930. The predicted molar refractivity (Wildman–Crippen MR) is 312 cm³/mol. The van der Waals surface area contributed by atoms with Gasteiger partial charge in [-0.1, -0.05) is 36.0 Å². The van der Waals surface area contributed by atoms with Gasteiger partial charge in [0.05, 0.1) is 49.1 Å². The van der Waals surface area contributed by atoms with E-state index < -0.39 is 36.1 Å². The summed E-state index contributed by atoms with van der Waals surface area (Å²) < 4.78 is 120. The van der Waals surface area contributed by atoms with Crippen molar-refractivity contribution in [3.05, 3.63) is 83.9 Å². The number of nitrogens with zero attached hydrogens (tertiary/aromatic N) is 13. The van der Waals surface area contributed by atoms with Crippen LogP contribution in [0.2, 0.25) is 0 Å². The summed E-state index contributed by atoms with van der Waals surface area (Å²) in [6.45, 7) is 13.9. The molecule has 9 aromatic rings. The number of azo groups is 2. The van der Waals surface area contributed by atoms with E-state index in [0.717, 1.165) is 69.3 Å². The van der Waals surface area contributed by atoms with Crippen molar-refractivity contribution in [1.82, 2.24) is 32.4 Å². The van der Waals surface area contributed by atoms with Gasteiger partial charge in [0, 0.05) is 54.4 Å². The summed E-state index contributed by atoms with van der Waals surface area (Å²) >= 11 is 5.31. The van der Waals surface area contributed by atoms with E-state index in [2.05, 4.69) is 68.4 Å². The first kappa shape index (κ1) is 57.1. The highest BCUT2D eigenvalue weighted by Gasteiger charge is 2.24. The number of rotatable bonds is 22. The SMILES string of the molecule is CCN(CC)c1ccc(/N=N/c2snc3snc(-c4ccc(C)c(S(=O)(=O)O)c4)c23)c(Nc2nc(Nc3cc(N(CC)CC)ccc3/N=N/c3snc4snc(-c5ccc(C)c(S(=O)(=O)O)c5)c34)nc(SCCS(=O)(=O)O)n2)c1. The second-order valence-electron chi connectivity index (χ2n) is 17.1. The number of anilines is 6. The van der Waals surface area contributed by atoms with Crippen molar-refractivity contribution in [3.8, 4) is 22.5 Å². The van der Waals surface area contributed by atoms with Crippen LogP contribution in [0.25, 0.3) is 42.9 Å². The molecular formula is C47H47N15O9S8. The highest BCUT2D eigenvalue weighted by atomic mass is 32.2. The molecule has 0 saturated carbocycles. The van der Waals surface area contributed by atoms with Crippen LogP contribution in [0.15, 0.2) is 108 Å². The average Bonchev–Trinajstić information content (AvgIpc) is 4.31. The third-order valence-corrected chi connectivity index (χ3v) is 19.1. The molecule has 0 unspecified atom stereocenters. The van der Waals surface area contributed by atoms with E-state index in [1.54, 1.807) is 50.2 Å². The third-order valence-electron chi connectivity index (χ3n) is 12.1. The van der Waals surface area contributed by atoms with Gasteiger partial charge in [-0.3, -0.25) is 13.7 Å². The monoisotopic (exact) mass is 1220 g/mol. The van der Waals surface area contributed by atoms with Gasteiger partial charge in [-0.15, -0.1) is 20.5 Å². The first-order valence-corrected chi connectivity index (χ1v) is 32.4. The van der Waals surface area contributed by atoms with Gasteiger partial charge in [0.1, 0.15) is 11.4 Å². The van der Waals surface area contributed by atoms with E-state index in [1.165, 1.54) is 12.1 Å². The molecule has 0 bridgehead atoms. The van der Waals surface area contributed by atoms with Crippen LogP contribution in [0.3, 0.4) is 0 Å². The molecule has 24 nitrogen and oxygen atoms in total. The van der Waals surface area contributed by atoms with E-state index in [1.807, 2.05) is 52.0 Å². The number of aromatic nitrogens is 7. The number of hydrogen-bond acceptors (Lipinski definition) is 26. The summed E-state index contributed by atoms with van der Waals surface area (Å²) in [6, 6.07) is 20.3. The van der Waals surface area contributed by atoms with Crippen molar-refractivity contribution in [2.45, 2.75) is 56.5 Å². The fourth-order valence-electron chi connectivity index (χ4n) is 8.12. The molecule has 5 aromatic heterocycles. The molecule has 0 fully saturated rings. The van der Waals surface area contributed by atoms with Crippen LogP contribution < -0.4 is 20.4 Å². The molecule has 32 heteroatoms. The lowest BCUT2D eigenvalue weighted by Crippen LogP contribution is -2.21. The predicted octanol–water partition coefficient (Wildman–Crippen LogP) is 12.4. The van der Waals surface area contributed by atoms with E-state index in [-0.39, 0.29) is 32.6 Å². The standard InChI is InChI=1S/C47H47N15O9S8/c1-7-61(8-2)29-15-17-31(53-55-41-37-39(57-75-43(37)59-73-41)27-13-11-25(5)35(21-27)78(66,67)68)33(23-29)48-45-50-46(52-47(51-45)72-19-20-77(63,64)65)49-34-24-30(62(9-3)10-4)16-18-32(34)54-56-42-38-40(58-76-44(38)60-74-42)28-14-12-26(6)36(22-28)79(69,70)71/h11-18,21-24H,7-10,19-20H2,1-6H3,(H,63,64,65)(H,66,67,68)(H,69,70,71)(H2,48,49,50,51,52)/b55-53+,56-54+. The van der Waals surface area contributed by atoms with Gasteiger partial charge in [0.15, 0.2) is 24.8 Å². The Hall–Kier alpha value is -6.59. The third kappa shape index (κ3) is 13.0. The topological polar surface area (TPSA) is 333 Å². The summed E-state index contributed by atoms with van der Waals surface area (Å²) in [4.78, 5) is 18.9. The Balaban J connectivity index is 1.10. The minimum Gasteiger partial charge on any atom is -0.372 e. The Morgan fingerprint density at radius 2 is 0.975 bits per heavy atom. The maximum absolute atomic E-state index is 12.2. The van der Waals surface area contributed by atoms with E-state index in [9.17, 15) is 38.9 Å². The van der Waals surface area contributed by atoms with Crippen molar-refractivity contribution >= 4 is 165 Å². The second kappa shape index (κ2) is 23.6. The zero-order valence-corrected chi connectivity index (χ0v) is 49.1. The normalized spacial score (nSPS) is 12.4. The quantitative estimate of drug-likeness (QED) is 0.0239. The molecule has 4 aromatic carbocycles. The van der Waals surface area contributed by atoms with Gasteiger partial charge in [0.2, 0.25) is 11.9 Å². The van der Waals surface area contributed by atoms with Crippen LogP contribution in [-0.4, -0.2) is 109 Å². The number of thioether (sulfide) groups is 1. The summed E-state index contributed by atoms with van der Waals surface area (Å²) in [5, 5.41) is 27.1. The van der Waals surface area contributed by atoms with Crippen molar-refractivity contribution in [2.24, 2.45) is 20.5 Å². The molecule has 0 radical (unpaired) electrons. The fourth-order valence-corrected chi connectivity index (χ4v) is 14.5. The molecule has 0 spiro atoms. The van der Waals surface area contributed by atoms with Gasteiger partial charge < -0.3 is 20.4 Å². The summed E-state index contributed by atoms with van der Waals surface area (Å²) in [7, 11) is -13.4. The Morgan fingerprint density at radius 3 is 1.37 bits per heavy atom. The summed E-state index contributed by atoms with van der Waals surface area (Å²) in [6.07, 6.45) is 0. The lowest BCUT2D eigenvalue weighted by atomic mass is 10.1. The van der Waals surface area contributed by atoms with Crippen LogP contribution in [0.1, 0.15) is 38.8 Å². The first-order chi connectivity index (χ1) is 37.6. The average molecular weight is 1220 g/mol. The van der Waals surface area contributed by atoms with Gasteiger partial charge in [-0.2, -0.15) is 57.7 Å². The molecule has 0 saturated heterocycles. The second-order valence-corrected chi connectivity index (χ2v) is 25.5. The van der Waals surface area contributed by atoms with Crippen LogP contribution in [0.4, 0.5) is 56.0 Å². The molecule has 412 valence electrons. The highest BCUT2D eigenvalue weighted by Crippen LogP contribution is 2.45. The van der Waals surface area contributed by atoms with E-state index >= 15 is 0 Å². The number of hydrogen-bond donors (Lipinski definition) is 5. The molecule has 0 aliphatic carbocycles. The largest absolute Gasteiger partial charge is 0.372 e. The zero-order chi connectivity index (χ0) is 56.4. The van der Waals surface area contributed by atoms with Crippen molar-refractivity contribution < 1.29 is 38.9 Å². The molecule has 5 heterocycles. The maximum Gasteiger partial charge on any atom is 0.294 e. The van der Waals surface area contributed by atoms with Crippen molar-refractivity contribution in [3.63, 3.8) is 0 Å². The van der Waals surface area contributed by atoms with Crippen LogP contribution in [-0.2, 0) is 30.4 Å². The van der Waals surface area contributed by atoms with Gasteiger partial charge >= 0.3 is 0 Å². The van der Waals surface area contributed by atoms with E-state index in [4.69, 9.17) is 4.98 Å². The Labute approximate surface area is 474 Å². The lowest BCUT2D eigenvalue weighted by Gasteiger charge is -2.22. The van der Waals surface area contributed by atoms with Crippen LogP contribution in [0, 0.1) is 13.8 Å². The summed E-state index contributed by atoms with van der Waals surface area (Å²) in [5.74, 6) is -0.670. The number of aryl methyl sites for hydroxylation is 2. The smallest absolute Gasteiger partial charge is 0.294 e. The lowest BCUT2D eigenvalue weighted by molar-refractivity contribution is 0.480. The highest BCUT2D eigenvalue weighted by molar-refractivity contribution is 8.00. The Kier molecular flexibility index (Phi) is 17.1. The number of fused-ring (bicyclic) bond motifs is 2. The molecule has 0 aliphatic rings. The van der Waals surface area contributed by atoms with Gasteiger partial charge in [-0.25, -0.2) is 0 Å². The summed E-state index contributed by atoms with van der Waals surface area (Å²) in [5.41, 5.74) is 5.57. The first-order valence-electron chi connectivity index (χ1n) is 23.8. The molecule has 9 rings (SSSR count). The minimum atomic E-state index is -4.53. The van der Waals surface area contributed by atoms with Crippen molar-refractivity contribution in [1.29, 1.82) is 0 Å².